The van der Waals surface area contributed by atoms with Crippen LogP contribution in [0.2, 0.25) is 0 Å². The van der Waals surface area contributed by atoms with Crippen molar-refractivity contribution in [3.05, 3.63) is 29.3 Å². The van der Waals surface area contributed by atoms with Gasteiger partial charge in [0, 0.05) is 11.6 Å². The number of nitrogens with one attached hydrogen (secondary N) is 1. The lowest BCUT2D eigenvalue weighted by atomic mass is 10.1. The van der Waals surface area contributed by atoms with Gasteiger partial charge in [-0.1, -0.05) is 6.92 Å². The van der Waals surface area contributed by atoms with Crippen molar-refractivity contribution in [1.29, 1.82) is 0 Å². The van der Waals surface area contributed by atoms with Gasteiger partial charge >= 0.3 is 0 Å². The second-order valence-corrected chi connectivity index (χ2v) is 4.15. The van der Waals surface area contributed by atoms with Crippen LogP contribution in [0.4, 0.5) is 14.5 Å². The Kier molecular flexibility index (Phi) is 2.53. The summed E-state index contributed by atoms with van der Waals surface area (Å²) in [5.74, 6) is -1.84. The normalized spacial score (nSPS) is 22.9. The molecule has 0 spiro atoms. The highest BCUT2D eigenvalue weighted by atomic mass is 19.1. The van der Waals surface area contributed by atoms with Crippen LogP contribution in [-0.2, 0) is 0 Å². The Morgan fingerprint density at radius 2 is 1.94 bits per heavy atom. The highest BCUT2D eigenvalue weighted by Crippen LogP contribution is 2.29. The van der Waals surface area contributed by atoms with Gasteiger partial charge in [-0.05, 0) is 24.5 Å². The van der Waals surface area contributed by atoms with Crippen LogP contribution in [0, 0.1) is 17.6 Å². The van der Waals surface area contributed by atoms with E-state index < -0.39 is 23.2 Å². The van der Waals surface area contributed by atoms with Gasteiger partial charge in [-0.25, -0.2) is 8.78 Å². The van der Waals surface area contributed by atoms with Gasteiger partial charge in [0.2, 0.25) is 0 Å². The molecule has 1 amide bonds. The monoisotopic (exact) mass is 226 g/mol. The molecule has 86 valence electrons. The van der Waals surface area contributed by atoms with Crippen molar-refractivity contribution in [1.82, 2.24) is 5.32 Å². The lowest BCUT2D eigenvalue weighted by Crippen LogP contribution is -2.26. The Balaban J connectivity index is 2.17. The zero-order valence-electron chi connectivity index (χ0n) is 8.76. The summed E-state index contributed by atoms with van der Waals surface area (Å²) in [7, 11) is 0. The standard InChI is InChI=1S/C11H12F2N2O/c1-5-2-9(5)15-11(16)6-3-7(12)10(14)8(13)4-6/h3-5,9H,2,14H2,1H3,(H,15,16). The van der Waals surface area contributed by atoms with Crippen LogP contribution in [-0.4, -0.2) is 11.9 Å². The van der Waals surface area contributed by atoms with Crippen LogP contribution in [0.25, 0.3) is 0 Å². The highest BCUT2D eigenvalue weighted by Gasteiger charge is 2.34. The zero-order chi connectivity index (χ0) is 11.9. The van der Waals surface area contributed by atoms with Crippen LogP contribution in [0.15, 0.2) is 12.1 Å². The maximum absolute atomic E-state index is 13.1. The number of halogens is 2. The Bertz CT molecular complexity index is 425. The fraction of sp³-hybridized carbons (Fsp3) is 0.364. The first-order valence-electron chi connectivity index (χ1n) is 5.04. The molecule has 16 heavy (non-hydrogen) atoms. The highest BCUT2D eigenvalue weighted by molar-refractivity contribution is 5.95. The van der Waals surface area contributed by atoms with E-state index in [0.717, 1.165) is 18.6 Å². The van der Waals surface area contributed by atoms with Crippen molar-refractivity contribution in [3.63, 3.8) is 0 Å². The molecule has 1 aliphatic carbocycles. The zero-order valence-corrected chi connectivity index (χ0v) is 8.76. The van der Waals surface area contributed by atoms with Crippen LogP contribution in [0.5, 0.6) is 0 Å². The molecule has 0 bridgehead atoms. The summed E-state index contributed by atoms with van der Waals surface area (Å²) in [6, 6.07) is 2.01. The Morgan fingerprint density at radius 3 is 2.38 bits per heavy atom. The fourth-order valence-corrected chi connectivity index (χ4v) is 1.49. The second kappa shape index (κ2) is 3.73. The summed E-state index contributed by atoms with van der Waals surface area (Å²) in [6.45, 7) is 2.00. The number of nitrogens with two attached hydrogens (primary N) is 1. The van der Waals surface area contributed by atoms with Gasteiger partial charge in [0.05, 0.1) is 0 Å². The van der Waals surface area contributed by atoms with Crippen molar-refractivity contribution >= 4 is 11.6 Å². The molecule has 1 fully saturated rings. The quantitative estimate of drug-likeness (QED) is 0.754. The number of benzene rings is 1. The first-order valence-corrected chi connectivity index (χ1v) is 5.04. The van der Waals surface area contributed by atoms with E-state index in [1.54, 1.807) is 0 Å². The molecule has 0 saturated heterocycles. The first kappa shape index (κ1) is 10.9. The number of amides is 1. The van der Waals surface area contributed by atoms with Crippen molar-refractivity contribution < 1.29 is 13.6 Å². The van der Waals surface area contributed by atoms with E-state index in [-0.39, 0.29) is 11.6 Å². The van der Waals surface area contributed by atoms with Gasteiger partial charge in [-0.3, -0.25) is 4.79 Å². The number of anilines is 1. The molecule has 1 saturated carbocycles. The number of hydrogen-bond donors (Lipinski definition) is 2. The minimum absolute atomic E-state index is 0.0386. The van der Waals surface area contributed by atoms with Gasteiger partial charge in [0.15, 0.2) is 0 Å². The van der Waals surface area contributed by atoms with Gasteiger partial charge in [-0.2, -0.15) is 0 Å². The molecule has 2 unspecified atom stereocenters. The minimum Gasteiger partial charge on any atom is -0.394 e. The molecule has 3 nitrogen and oxygen atoms in total. The number of hydrogen-bond acceptors (Lipinski definition) is 2. The van der Waals surface area contributed by atoms with Crippen molar-refractivity contribution in [3.8, 4) is 0 Å². The molecule has 0 radical (unpaired) electrons. The maximum Gasteiger partial charge on any atom is 0.251 e. The average Bonchev–Trinajstić information content (AvgIpc) is 2.90. The van der Waals surface area contributed by atoms with E-state index in [9.17, 15) is 13.6 Å². The summed E-state index contributed by atoms with van der Waals surface area (Å²) in [5, 5.41) is 2.68. The number of carbonyl (C=O) groups is 1. The molecular weight excluding hydrogens is 214 g/mol. The molecule has 1 aromatic rings. The Morgan fingerprint density at radius 1 is 1.44 bits per heavy atom. The van der Waals surface area contributed by atoms with Gasteiger partial charge in [0.1, 0.15) is 17.3 Å². The van der Waals surface area contributed by atoms with Crippen molar-refractivity contribution in [2.45, 2.75) is 19.4 Å². The number of nitrogen functional groups attached to an aromatic ring is 1. The van der Waals surface area contributed by atoms with Gasteiger partial charge in [-0.15, -0.1) is 0 Å². The van der Waals surface area contributed by atoms with E-state index in [0.29, 0.717) is 5.92 Å². The van der Waals surface area contributed by atoms with E-state index in [1.165, 1.54) is 0 Å². The summed E-state index contributed by atoms with van der Waals surface area (Å²) < 4.78 is 26.2. The van der Waals surface area contributed by atoms with Gasteiger partial charge in [0.25, 0.3) is 5.91 Å². The molecular formula is C11H12F2N2O. The van der Waals surface area contributed by atoms with Crippen molar-refractivity contribution in [2.24, 2.45) is 5.92 Å². The summed E-state index contributed by atoms with van der Waals surface area (Å²) in [5.41, 5.74) is 4.51. The molecule has 5 heteroatoms. The molecule has 0 aromatic heterocycles. The first-order chi connectivity index (χ1) is 7.49. The predicted octanol–water partition coefficient (Wildman–Crippen LogP) is 1.69. The predicted molar refractivity (Wildman–Crippen MR) is 55.8 cm³/mol. The van der Waals surface area contributed by atoms with Crippen LogP contribution < -0.4 is 11.1 Å². The Labute approximate surface area is 91.6 Å². The topological polar surface area (TPSA) is 55.1 Å². The molecule has 1 aromatic carbocycles. The largest absolute Gasteiger partial charge is 0.394 e. The van der Waals surface area contributed by atoms with E-state index >= 15 is 0 Å². The molecule has 0 aliphatic heterocycles. The molecule has 2 atom stereocenters. The Hall–Kier alpha value is -1.65. The van der Waals surface area contributed by atoms with Crippen LogP contribution in [0.3, 0.4) is 0 Å². The van der Waals surface area contributed by atoms with E-state index in [2.05, 4.69) is 5.32 Å². The second-order valence-electron chi connectivity index (χ2n) is 4.15. The fourth-order valence-electron chi connectivity index (χ4n) is 1.49. The van der Waals surface area contributed by atoms with E-state index in [1.807, 2.05) is 6.92 Å². The molecule has 0 heterocycles. The summed E-state index contributed by atoms with van der Waals surface area (Å²) >= 11 is 0. The number of rotatable bonds is 2. The number of carbonyl (C=O) groups excluding carboxylic acids is 1. The SMILES string of the molecule is CC1CC1NC(=O)c1cc(F)c(N)c(F)c1. The molecule has 3 N–H and O–H groups in total. The third-order valence-electron chi connectivity index (χ3n) is 2.77. The van der Waals surface area contributed by atoms with Gasteiger partial charge < -0.3 is 11.1 Å². The average molecular weight is 226 g/mol. The lowest BCUT2D eigenvalue weighted by molar-refractivity contribution is 0.0948. The van der Waals surface area contributed by atoms with E-state index in [4.69, 9.17) is 5.73 Å². The third kappa shape index (κ3) is 1.98. The minimum atomic E-state index is -0.908. The molecule has 2 rings (SSSR count). The van der Waals surface area contributed by atoms with Crippen molar-refractivity contribution in [2.75, 3.05) is 5.73 Å². The molecule has 1 aliphatic rings. The third-order valence-corrected chi connectivity index (χ3v) is 2.77. The van der Waals surface area contributed by atoms with Crippen LogP contribution in [0.1, 0.15) is 23.7 Å². The maximum atomic E-state index is 13.1. The summed E-state index contributed by atoms with van der Waals surface area (Å²) in [4.78, 5) is 11.6. The summed E-state index contributed by atoms with van der Waals surface area (Å²) in [6.07, 6.45) is 0.908. The smallest absolute Gasteiger partial charge is 0.251 e. The van der Waals surface area contributed by atoms with Crippen LogP contribution >= 0.6 is 0 Å². The lowest BCUT2D eigenvalue weighted by Gasteiger charge is -2.05.